The Bertz CT molecular complexity index is 384. The van der Waals surface area contributed by atoms with Crippen molar-refractivity contribution in [3.05, 3.63) is 35.1 Å². The SMILES string of the molecule is C[C@H](O)CNC(=O)c1c(F)cc(F)cc1F. The van der Waals surface area contributed by atoms with Crippen LogP contribution in [0.15, 0.2) is 12.1 Å². The first kappa shape index (κ1) is 12.5. The van der Waals surface area contributed by atoms with Gasteiger partial charge < -0.3 is 10.4 Å². The van der Waals surface area contributed by atoms with Gasteiger partial charge in [0.1, 0.15) is 23.0 Å². The zero-order valence-electron chi connectivity index (χ0n) is 8.43. The Hall–Kier alpha value is -1.56. The summed E-state index contributed by atoms with van der Waals surface area (Å²) in [4.78, 5) is 11.3. The molecule has 0 fully saturated rings. The van der Waals surface area contributed by atoms with Crippen LogP contribution in [0.1, 0.15) is 17.3 Å². The number of hydrogen-bond acceptors (Lipinski definition) is 2. The van der Waals surface area contributed by atoms with E-state index in [9.17, 15) is 18.0 Å². The summed E-state index contributed by atoms with van der Waals surface area (Å²) in [5, 5.41) is 11.0. The van der Waals surface area contributed by atoms with E-state index in [0.717, 1.165) is 0 Å². The molecule has 1 atom stereocenters. The molecule has 0 saturated heterocycles. The first-order valence-electron chi connectivity index (χ1n) is 4.52. The van der Waals surface area contributed by atoms with Gasteiger partial charge in [0.2, 0.25) is 0 Å². The molecule has 3 nitrogen and oxygen atoms in total. The van der Waals surface area contributed by atoms with Crippen LogP contribution in [0.5, 0.6) is 0 Å². The molecule has 0 aliphatic carbocycles. The first-order chi connectivity index (χ1) is 7.41. The van der Waals surface area contributed by atoms with E-state index in [4.69, 9.17) is 5.11 Å². The molecule has 0 aliphatic heterocycles. The second-order valence-corrected chi connectivity index (χ2v) is 3.30. The molecule has 0 radical (unpaired) electrons. The molecule has 16 heavy (non-hydrogen) atoms. The second-order valence-electron chi connectivity index (χ2n) is 3.30. The monoisotopic (exact) mass is 233 g/mol. The van der Waals surface area contributed by atoms with Crippen molar-refractivity contribution in [3.63, 3.8) is 0 Å². The van der Waals surface area contributed by atoms with Gasteiger partial charge in [-0.25, -0.2) is 13.2 Å². The van der Waals surface area contributed by atoms with Gasteiger partial charge in [-0.3, -0.25) is 4.79 Å². The predicted octanol–water partition coefficient (Wildman–Crippen LogP) is 1.21. The fraction of sp³-hybridized carbons (Fsp3) is 0.300. The minimum absolute atomic E-state index is 0.144. The Balaban J connectivity index is 2.91. The molecule has 0 unspecified atom stereocenters. The summed E-state index contributed by atoms with van der Waals surface area (Å²) in [5.41, 5.74) is -0.859. The summed E-state index contributed by atoms with van der Waals surface area (Å²) in [6.07, 6.45) is -0.837. The Kier molecular flexibility index (Phi) is 3.89. The van der Waals surface area contributed by atoms with Crippen molar-refractivity contribution >= 4 is 5.91 Å². The van der Waals surface area contributed by atoms with Crippen molar-refractivity contribution < 1.29 is 23.1 Å². The van der Waals surface area contributed by atoms with Gasteiger partial charge in [-0.2, -0.15) is 0 Å². The maximum atomic E-state index is 13.1. The number of carbonyl (C=O) groups is 1. The van der Waals surface area contributed by atoms with Crippen LogP contribution in [0, 0.1) is 17.5 Å². The van der Waals surface area contributed by atoms with Crippen LogP contribution in [-0.4, -0.2) is 23.7 Å². The van der Waals surface area contributed by atoms with Crippen molar-refractivity contribution in [1.82, 2.24) is 5.32 Å². The van der Waals surface area contributed by atoms with Crippen LogP contribution in [0.3, 0.4) is 0 Å². The number of aliphatic hydroxyl groups excluding tert-OH is 1. The van der Waals surface area contributed by atoms with Crippen LogP contribution in [0.4, 0.5) is 13.2 Å². The van der Waals surface area contributed by atoms with E-state index in [0.29, 0.717) is 12.1 Å². The quantitative estimate of drug-likeness (QED) is 0.824. The van der Waals surface area contributed by atoms with Crippen LogP contribution in [-0.2, 0) is 0 Å². The largest absolute Gasteiger partial charge is 0.392 e. The van der Waals surface area contributed by atoms with Crippen LogP contribution in [0.25, 0.3) is 0 Å². The van der Waals surface area contributed by atoms with Gasteiger partial charge in [0, 0.05) is 18.7 Å². The molecule has 0 heterocycles. The Labute approximate surface area is 89.9 Å². The minimum Gasteiger partial charge on any atom is -0.392 e. The van der Waals surface area contributed by atoms with E-state index in [1.807, 2.05) is 0 Å². The van der Waals surface area contributed by atoms with Crippen molar-refractivity contribution in [1.29, 1.82) is 0 Å². The van der Waals surface area contributed by atoms with Gasteiger partial charge in [0.25, 0.3) is 5.91 Å². The smallest absolute Gasteiger partial charge is 0.257 e. The molecule has 1 aromatic rings. The lowest BCUT2D eigenvalue weighted by Gasteiger charge is -2.08. The van der Waals surface area contributed by atoms with Gasteiger partial charge in [0.15, 0.2) is 0 Å². The van der Waals surface area contributed by atoms with Gasteiger partial charge >= 0.3 is 0 Å². The number of rotatable bonds is 3. The lowest BCUT2D eigenvalue weighted by Crippen LogP contribution is -2.31. The molecule has 0 bridgehead atoms. The fourth-order valence-electron chi connectivity index (χ4n) is 1.09. The van der Waals surface area contributed by atoms with Crippen molar-refractivity contribution in [2.24, 2.45) is 0 Å². The summed E-state index contributed by atoms with van der Waals surface area (Å²) in [6, 6.07) is 0.834. The maximum Gasteiger partial charge on any atom is 0.257 e. The zero-order chi connectivity index (χ0) is 12.3. The molecule has 0 saturated carbocycles. The highest BCUT2D eigenvalue weighted by molar-refractivity contribution is 5.94. The Morgan fingerprint density at radius 1 is 1.38 bits per heavy atom. The van der Waals surface area contributed by atoms with E-state index in [-0.39, 0.29) is 6.54 Å². The standard InChI is InChI=1S/C10H10F3NO2/c1-5(15)4-14-10(16)9-7(12)2-6(11)3-8(9)13/h2-3,5,15H,4H2,1H3,(H,14,16)/t5-/m0/s1. The summed E-state index contributed by atoms with van der Waals surface area (Å²) < 4.78 is 38.7. The van der Waals surface area contributed by atoms with E-state index in [2.05, 4.69) is 5.32 Å². The first-order valence-corrected chi connectivity index (χ1v) is 4.52. The molecule has 0 spiro atoms. The maximum absolute atomic E-state index is 13.1. The molecule has 1 aromatic carbocycles. The third-order valence-corrected chi connectivity index (χ3v) is 1.79. The third-order valence-electron chi connectivity index (χ3n) is 1.79. The number of benzene rings is 1. The van der Waals surface area contributed by atoms with Crippen LogP contribution in [0.2, 0.25) is 0 Å². The minimum atomic E-state index is -1.28. The number of nitrogens with one attached hydrogen (secondary N) is 1. The number of amides is 1. The fourth-order valence-corrected chi connectivity index (χ4v) is 1.09. The Morgan fingerprint density at radius 3 is 2.31 bits per heavy atom. The summed E-state index contributed by atoms with van der Waals surface area (Å²) in [5.74, 6) is -4.68. The van der Waals surface area contributed by atoms with Gasteiger partial charge in [0.05, 0.1) is 6.10 Å². The van der Waals surface area contributed by atoms with E-state index < -0.39 is 35.0 Å². The molecule has 0 aliphatic rings. The molecule has 2 N–H and O–H groups in total. The molecular formula is C10H10F3NO2. The zero-order valence-corrected chi connectivity index (χ0v) is 8.43. The molecule has 0 aromatic heterocycles. The summed E-state index contributed by atoms with van der Waals surface area (Å²) in [6.45, 7) is 1.26. The number of carbonyl (C=O) groups excluding carboxylic acids is 1. The topological polar surface area (TPSA) is 49.3 Å². The molecule has 6 heteroatoms. The predicted molar refractivity (Wildman–Crippen MR) is 50.3 cm³/mol. The highest BCUT2D eigenvalue weighted by atomic mass is 19.1. The average molecular weight is 233 g/mol. The van der Waals surface area contributed by atoms with Gasteiger partial charge in [-0.15, -0.1) is 0 Å². The number of aliphatic hydroxyl groups is 1. The Morgan fingerprint density at radius 2 is 1.88 bits per heavy atom. The average Bonchev–Trinajstić information content (AvgIpc) is 2.12. The van der Waals surface area contributed by atoms with E-state index in [1.165, 1.54) is 6.92 Å². The van der Waals surface area contributed by atoms with Crippen molar-refractivity contribution in [2.45, 2.75) is 13.0 Å². The number of hydrogen-bond donors (Lipinski definition) is 2. The van der Waals surface area contributed by atoms with Gasteiger partial charge in [-0.1, -0.05) is 0 Å². The van der Waals surface area contributed by atoms with E-state index in [1.54, 1.807) is 0 Å². The molecule has 1 amide bonds. The third kappa shape index (κ3) is 2.96. The molecule has 1 rings (SSSR count). The lowest BCUT2D eigenvalue weighted by molar-refractivity contribution is 0.0915. The number of halogens is 3. The lowest BCUT2D eigenvalue weighted by atomic mass is 10.1. The highest BCUT2D eigenvalue weighted by Crippen LogP contribution is 2.14. The summed E-state index contributed by atoms with van der Waals surface area (Å²) >= 11 is 0. The second kappa shape index (κ2) is 4.98. The van der Waals surface area contributed by atoms with Crippen LogP contribution >= 0.6 is 0 Å². The highest BCUT2D eigenvalue weighted by Gasteiger charge is 2.18. The van der Waals surface area contributed by atoms with E-state index >= 15 is 0 Å². The summed E-state index contributed by atoms with van der Waals surface area (Å²) in [7, 11) is 0. The normalized spacial score (nSPS) is 12.3. The van der Waals surface area contributed by atoms with Crippen molar-refractivity contribution in [3.8, 4) is 0 Å². The molecule has 88 valence electrons. The van der Waals surface area contributed by atoms with Crippen LogP contribution < -0.4 is 5.32 Å². The van der Waals surface area contributed by atoms with Crippen molar-refractivity contribution in [2.75, 3.05) is 6.54 Å². The van der Waals surface area contributed by atoms with Gasteiger partial charge in [-0.05, 0) is 6.92 Å². The molecular weight excluding hydrogens is 223 g/mol.